The van der Waals surface area contributed by atoms with Gasteiger partial charge in [-0.25, -0.2) is 0 Å². The Hall–Kier alpha value is -4.88. The molecule has 0 radical (unpaired) electrons. The van der Waals surface area contributed by atoms with Gasteiger partial charge >= 0.3 is 0 Å². The van der Waals surface area contributed by atoms with Gasteiger partial charge in [-0.2, -0.15) is 0 Å². The number of ether oxygens (including phenoxy) is 1. The number of para-hydroxylation sites is 2. The molecule has 1 heteroatoms. The fourth-order valence-corrected chi connectivity index (χ4v) is 6.40. The largest absolute Gasteiger partial charge is 0.456 e. The summed E-state index contributed by atoms with van der Waals surface area (Å²) in [5, 5.41) is 0. The van der Waals surface area contributed by atoms with E-state index in [9.17, 15) is 0 Å². The number of rotatable bonds is 1. The third-order valence-corrected chi connectivity index (χ3v) is 8.31. The van der Waals surface area contributed by atoms with E-state index in [1.54, 1.807) is 36.4 Å². The van der Waals surface area contributed by atoms with Crippen molar-refractivity contribution < 1.29 is 17.1 Å². The molecule has 41 heavy (non-hydrogen) atoms. The molecule has 1 nitrogen and oxygen atoms in total. The second-order valence-corrected chi connectivity index (χ2v) is 10.6. The van der Waals surface area contributed by atoms with Gasteiger partial charge in [0.1, 0.15) is 11.5 Å². The first-order chi connectivity index (χ1) is 23.7. The van der Waals surface area contributed by atoms with Crippen LogP contribution >= 0.6 is 0 Å². The fraction of sp³-hybridized carbons (Fsp3) is 0.100. The zero-order valence-corrected chi connectivity index (χ0v) is 22.0. The Morgan fingerprint density at radius 2 is 0.951 bits per heavy atom. The molecular weight excluding hydrogens is 496 g/mol. The molecule has 8 rings (SSSR count). The molecule has 1 aliphatic heterocycles. The van der Waals surface area contributed by atoms with E-state index in [4.69, 9.17) is 17.1 Å². The van der Waals surface area contributed by atoms with Gasteiger partial charge < -0.3 is 4.74 Å². The summed E-state index contributed by atoms with van der Waals surface area (Å²) in [5.41, 5.74) is 5.39. The van der Waals surface area contributed by atoms with Crippen molar-refractivity contribution in [3.8, 4) is 67.1 Å². The smallest absolute Gasteiger partial charge is 0.139 e. The Kier molecular flexibility index (Phi) is 3.52. The first kappa shape index (κ1) is 16.4. The van der Waals surface area contributed by atoms with Crippen LogP contribution in [0.5, 0.6) is 11.5 Å². The van der Waals surface area contributed by atoms with Crippen LogP contribution in [0.4, 0.5) is 0 Å². The Morgan fingerprint density at radius 1 is 0.463 bits per heavy atom. The topological polar surface area (TPSA) is 9.23 Å². The van der Waals surface area contributed by atoms with Gasteiger partial charge in [0.25, 0.3) is 0 Å². The van der Waals surface area contributed by atoms with E-state index in [1.165, 1.54) is 12.1 Å². The van der Waals surface area contributed by atoms with Gasteiger partial charge in [-0.3, -0.25) is 0 Å². The third-order valence-electron chi connectivity index (χ3n) is 8.31. The molecule has 1 heterocycles. The van der Waals surface area contributed by atoms with Crippen LogP contribution in [0.2, 0.25) is 0 Å². The minimum atomic E-state index is -3.03. The molecule has 196 valence electrons. The van der Waals surface area contributed by atoms with Crippen LogP contribution in [0.3, 0.4) is 0 Å². The summed E-state index contributed by atoms with van der Waals surface area (Å²) in [6.45, 7) is -8.67. The van der Waals surface area contributed by atoms with Crippen molar-refractivity contribution in [1.82, 2.24) is 0 Å². The van der Waals surface area contributed by atoms with Crippen molar-refractivity contribution in [2.24, 2.45) is 0 Å². The first-order valence-electron chi connectivity index (χ1n) is 18.1. The Labute approximate surface area is 254 Å². The lowest BCUT2D eigenvalue weighted by Gasteiger charge is -2.35. The summed E-state index contributed by atoms with van der Waals surface area (Å²) < 4.78 is 85.1. The highest BCUT2D eigenvalue weighted by molar-refractivity contribution is 6.04. The normalized spacial score (nSPS) is 17.8. The van der Waals surface area contributed by atoms with Gasteiger partial charge in [-0.15, -0.1) is 0 Å². The predicted octanol–water partition coefficient (Wildman–Crippen LogP) is 11.1. The zero-order valence-electron chi connectivity index (χ0n) is 31.0. The van der Waals surface area contributed by atoms with E-state index in [-0.39, 0.29) is 33.8 Å². The predicted molar refractivity (Wildman–Crippen MR) is 171 cm³/mol. The lowest BCUT2D eigenvalue weighted by atomic mass is 9.74. The minimum Gasteiger partial charge on any atom is -0.456 e. The maximum Gasteiger partial charge on any atom is 0.139 e. The monoisotopic (exact) mass is 535 g/mol. The Bertz CT molecular complexity index is 2320. The van der Waals surface area contributed by atoms with Gasteiger partial charge in [0, 0.05) is 34.4 Å². The van der Waals surface area contributed by atoms with Crippen molar-refractivity contribution in [1.29, 1.82) is 0 Å². The highest BCUT2D eigenvalue weighted by atomic mass is 16.5. The summed E-state index contributed by atoms with van der Waals surface area (Å²) in [7, 11) is 0. The van der Waals surface area contributed by atoms with Crippen molar-refractivity contribution in [3.63, 3.8) is 0 Å². The summed E-state index contributed by atoms with van der Waals surface area (Å²) >= 11 is 0. The second-order valence-electron chi connectivity index (χ2n) is 10.6. The average molecular weight is 536 g/mol. The molecule has 2 aliphatic rings. The number of benzene rings is 6. The maximum atomic E-state index is 8.77. The van der Waals surface area contributed by atoms with Crippen LogP contribution in [0.1, 0.15) is 42.7 Å². The third kappa shape index (κ3) is 3.49. The van der Waals surface area contributed by atoms with Crippen molar-refractivity contribution in [2.75, 3.05) is 0 Å². The maximum absolute atomic E-state index is 8.77. The second kappa shape index (κ2) is 8.81. The van der Waals surface area contributed by atoms with Crippen LogP contribution in [0.25, 0.3) is 55.6 Å². The van der Waals surface area contributed by atoms with E-state index in [0.717, 1.165) is 44.5 Å². The van der Waals surface area contributed by atoms with Crippen molar-refractivity contribution >= 4 is 0 Å². The van der Waals surface area contributed by atoms with Crippen LogP contribution in [-0.2, 0) is 5.41 Å². The van der Waals surface area contributed by atoms with E-state index in [2.05, 4.69) is 18.2 Å². The number of hydrogen-bond acceptors (Lipinski definition) is 1. The fourth-order valence-electron chi connectivity index (χ4n) is 6.40. The molecule has 6 aromatic rings. The van der Waals surface area contributed by atoms with Crippen LogP contribution < -0.4 is 4.74 Å². The molecule has 0 saturated carbocycles. The van der Waals surface area contributed by atoms with Crippen LogP contribution in [0, 0.1) is 6.85 Å². The molecule has 0 unspecified atom stereocenters. The number of fused-ring (bicyclic) bond motifs is 10. The SMILES string of the molecule is [2H]C([2H])([2H])c1cc2c(cc1-c1cccc3c1Oc1ccccc1C3(C([2H])([2H])[2H])C([2H])([2H])[2H])-c1ccccc1-c1ccccc1-c1ccccc1-2. The van der Waals surface area contributed by atoms with Gasteiger partial charge in [0.05, 0.1) is 0 Å². The van der Waals surface area contributed by atoms with E-state index >= 15 is 0 Å². The highest BCUT2D eigenvalue weighted by Crippen LogP contribution is 2.53. The molecule has 6 aromatic carbocycles. The lowest BCUT2D eigenvalue weighted by molar-refractivity contribution is 0.419. The quantitative estimate of drug-likeness (QED) is 0.203. The molecule has 0 saturated heterocycles. The molecule has 0 atom stereocenters. The molecule has 0 spiro atoms. The summed E-state index contributed by atoms with van der Waals surface area (Å²) in [6.07, 6.45) is 0. The lowest BCUT2D eigenvalue weighted by Crippen LogP contribution is -2.24. The zero-order chi connectivity index (χ0) is 35.2. The van der Waals surface area contributed by atoms with Crippen molar-refractivity contribution in [2.45, 2.75) is 26.0 Å². The van der Waals surface area contributed by atoms with Gasteiger partial charge in [0.15, 0.2) is 0 Å². The van der Waals surface area contributed by atoms with Crippen molar-refractivity contribution in [3.05, 3.63) is 144 Å². The first-order valence-corrected chi connectivity index (χ1v) is 13.6. The number of hydrogen-bond donors (Lipinski definition) is 0. The standard InChI is InChI=1S/C40H30O/c1-25-23-34-30-17-8-6-15-28(30)26-13-4-5-14-27(26)29-16-7-9-18-31(29)35(34)24-33(25)32-19-12-21-37-39(32)41-38-22-11-10-20-36(38)40(37,2)3/h4-24H,1-3H3/i1D3,2D3,3D3. The van der Waals surface area contributed by atoms with E-state index in [0.29, 0.717) is 5.56 Å². The van der Waals surface area contributed by atoms with Gasteiger partial charge in [0.2, 0.25) is 0 Å². The van der Waals surface area contributed by atoms with Gasteiger partial charge in [-0.1, -0.05) is 129 Å². The molecule has 0 aromatic heterocycles. The summed E-state index contributed by atoms with van der Waals surface area (Å²) in [6, 6.07) is 38.6. The van der Waals surface area contributed by atoms with Gasteiger partial charge in [-0.05, 0) is 74.6 Å². The Balaban J connectivity index is 1.50. The summed E-state index contributed by atoms with van der Waals surface area (Å²) in [5.74, 6) is 0.103. The van der Waals surface area contributed by atoms with Crippen LogP contribution in [0.15, 0.2) is 127 Å². The number of aryl methyl sites for hydroxylation is 1. The molecular formula is C40H30O. The minimum absolute atomic E-state index is 0.00813. The molecule has 0 N–H and O–H groups in total. The highest BCUT2D eigenvalue weighted by Gasteiger charge is 2.35. The molecule has 0 amide bonds. The Morgan fingerprint density at radius 3 is 1.54 bits per heavy atom. The molecule has 1 aliphatic carbocycles. The summed E-state index contributed by atoms with van der Waals surface area (Å²) in [4.78, 5) is 0. The molecule has 0 bridgehead atoms. The van der Waals surface area contributed by atoms with Crippen LogP contribution in [-0.4, -0.2) is 0 Å². The van der Waals surface area contributed by atoms with E-state index < -0.39 is 26.0 Å². The average Bonchev–Trinajstić information content (AvgIpc) is 3.07. The van der Waals surface area contributed by atoms with E-state index in [1.807, 2.05) is 60.7 Å². The molecule has 0 fully saturated rings.